The molecule has 1 aliphatic rings. The van der Waals surface area contributed by atoms with Crippen LogP contribution in [-0.4, -0.2) is 31.7 Å². The van der Waals surface area contributed by atoms with Gasteiger partial charge in [-0.15, -0.1) is 11.3 Å². The fourth-order valence-electron chi connectivity index (χ4n) is 2.93. The van der Waals surface area contributed by atoms with Crippen LogP contribution < -0.4 is 10.0 Å². The minimum absolute atomic E-state index is 0.127. The first-order valence-electron chi connectivity index (χ1n) is 8.41. The molecule has 0 bridgehead atoms. The second-order valence-corrected chi connectivity index (χ2v) is 10.5. The van der Waals surface area contributed by atoms with Crippen LogP contribution in [0.5, 0.6) is 0 Å². The van der Waals surface area contributed by atoms with E-state index in [1.54, 1.807) is 0 Å². The lowest BCUT2D eigenvalue weighted by Gasteiger charge is -2.35. The Bertz CT molecular complexity index is 1020. The van der Waals surface area contributed by atoms with Crippen molar-refractivity contribution in [3.05, 3.63) is 49.3 Å². The Hall–Kier alpha value is -1.04. The number of nitrogens with one attached hydrogen (secondary N) is 2. The molecule has 2 aromatic rings. The number of hydrogen-bond donors (Lipinski definition) is 2. The van der Waals surface area contributed by atoms with Crippen molar-refractivity contribution in [2.24, 2.45) is 0 Å². The number of likely N-dealkylation sites (N-methyl/N-ethyl adjacent to an activating group) is 1. The predicted octanol–water partition coefficient (Wildman–Crippen LogP) is 4.08. The summed E-state index contributed by atoms with van der Waals surface area (Å²) in [6, 6.07) is 4.24. The van der Waals surface area contributed by atoms with E-state index in [-0.39, 0.29) is 11.4 Å². The minimum atomic E-state index is -3.84. The van der Waals surface area contributed by atoms with Crippen LogP contribution in [0.4, 0.5) is 10.1 Å². The summed E-state index contributed by atoms with van der Waals surface area (Å²) >= 11 is 10.7. The Morgan fingerprint density at radius 1 is 1.46 bits per heavy atom. The highest BCUT2D eigenvalue weighted by Crippen LogP contribution is 2.36. The summed E-state index contributed by atoms with van der Waals surface area (Å²) in [6.45, 7) is 2.02. The number of amides is 1. The fraction of sp³-hybridized carbons (Fsp3) is 0.353. The molecular formula is C17H18BrClFN3O3S2. The van der Waals surface area contributed by atoms with Gasteiger partial charge < -0.3 is 5.32 Å². The molecule has 0 unspecified atom stereocenters. The van der Waals surface area contributed by atoms with Crippen molar-refractivity contribution in [1.29, 1.82) is 0 Å². The first kappa shape index (κ1) is 21.7. The van der Waals surface area contributed by atoms with E-state index in [4.69, 9.17) is 11.6 Å². The number of aryl methyl sites for hydroxylation is 1. The molecule has 0 aliphatic carbocycles. The summed E-state index contributed by atoms with van der Waals surface area (Å²) in [5, 5.41) is 2.49. The predicted molar refractivity (Wildman–Crippen MR) is 112 cm³/mol. The number of nitrogens with zero attached hydrogens (tertiary/aromatic N) is 1. The highest BCUT2D eigenvalue weighted by molar-refractivity contribution is 9.10. The van der Waals surface area contributed by atoms with E-state index >= 15 is 0 Å². The zero-order valence-corrected chi connectivity index (χ0v) is 19.0. The molecular weight excluding hydrogens is 493 g/mol. The molecule has 0 spiro atoms. The first-order valence-corrected chi connectivity index (χ1v) is 11.8. The maximum absolute atomic E-state index is 13.3. The Labute approximate surface area is 180 Å². The zero-order valence-electron chi connectivity index (χ0n) is 15.0. The van der Waals surface area contributed by atoms with Crippen molar-refractivity contribution in [1.82, 2.24) is 9.03 Å². The average molecular weight is 511 g/mol. The number of anilines is 1. The third kappa shape index (κ3) is 4.42. The Morgan fingerprint density at radius 3 is 2.79 bits per heavy atom. The summed E-state index contributed by atoms with van der Waals surface area (Å²) < 4.78 is 43.0. The van der Waals surface area contributed by atoms with Gasteiger partial charge in [0.15, 0.2) is 0 Å². The number of hydrogen-bond acceptors (Lipinski definition) is 4. The van der Waals surface area contributed by atoms with Crippen molar-refractivity contribution in [2.45, 2.75) is 31.8 Å². The van der Waals surface area contributed by atoms with Crippen molar-refractivity contribution in [2.75, 3.05) is 12.4 Å². The highest BCUT2D eigenvalue weighted by Gasteiger charge is 2.41. The molecule has 1 aromatic heterocycles. The van der Waals surface area contributed by atoms with Gasteiger partial charge in [0, 0.05) is 27.0 Å². The number of rotatable bonds is 4. The molecule has 1 fully saturated rings. The van der Waals surface area contributed by atoms with Crippen molar-refractivity contribution in [3.63, 3.8) is 0 Å². The molecule has 2 atom stereocenters. The van der Waals surface area contributed by atoms with Gasteiger partial charge in [-0.1, -0.05) is 18.5 Å². The lowest BCUT2D eigenvalue weighted by atomic mass is 10.1. The Morgan fingerprint density at radius 2 is 2.18 bits per heavy atom. The van der Waals surface area contributed by atoms with E-state index in [2.05, 4.69) is 26.0 Å². The molecule has 11 heteroatoms. The van der Waals surface area contributed by atoms with E-state index < -0.39 is 34.0 Å². The van der Waals surface area contributed by atoms with Crippen LogP contribution >= 0.6 is 38.9 Å². The van der Waals surface area contributed by atoms with Crippen LogP contribution in [0.3, 0.4) is 0 Å². The maximum atomic E-state index is 13.3. The molecule has 1 aromatic carbocycles. The third-order valence-electron chi connectivity index (χ3n) is 4.50. The molecule has 3 rings (SSSR count). The van der Waals surface area contributed by atoms with Crippen LogP contribution in [0, 0.1) is 5.82 Å². The number of thiophene rings is 1. The van der Waals surface area contributed by atoms with E-state index in [0.717, 1.165) is 31.0 Å². The SMILES string of the molecule is CCc1sc([C@H]2C[C@@H](C(=O)Nc3ccc(F)c(Cl)c3)N(C)S(=O)(=O)N2)cc1Br. The van der Waals surface area contributed by atoms with Crippen molar-refractivity contribution >= 4 is 60.7 Å². The summed E-state index contributed by atoms with van der Waals surface area (Å²) in [4.78, 5) is 14.7. The third-order valence-corrected chi connectivity index (χ3v) is 8.75. The van der Waals surface area contributed by atoms with Gasteiger partial charge in [0.05, 0.1) is 11.1 Å². The molecule has 1 aliphatic heterocycles. The quantitative estimate of drug-likeness (QED) is 0.650. The van der Waals surface area contributed by atoms with Gasteiger partial charge in [-0.05, 0) is 53.0 Å². The van der Waals surface area contributed by atoms with Crippen molar-refractivity contribution < 1.29 is 17.6 Å². The Balaban J connectivity index is 1.85. The van der Waals surface area contributed by atoms with E-state index in [1.165, 1.54) is 30.5 Å². The van der Waals surface area contributed by atoms with Crippen LogP contribution in [0.15, 0.2) is 28.7 Å². The average Bonchev–Trinajstić information content (AvgIpc) is 3.01. The van der Waals surface area contributed by atoms with Crippen LogP contribution in [-0.2, 0) is 21.4 Å². The molecule has 2 N–H and O–H groups in total. The van der Waals surface area contributed by atoms with Crippen molar-refractivity contribution in [3.8, 4) is 0 Å². The highest BCUT2D eigenvalue weighted by atomic mass is 79.9. The van der Waals surface area contributed by atoms with Crippen LogP contribution in [0.1, 0.15) is 29.1 Å². The minimum Gasteiger partial charge on any atom is -0.325 e. The normalized spacial score (nSPS) is 22.2. The zero-order chi connectivity index (χ0) is 20.6. The van der Waals surface area contributed by atoms with E-state index in [9.17, 15) is 17.6 Å². The smallest absolute Gasteiger partial charge is 0.280 e. The summed E-state index contributed by atoms with van der Waals surface area (Å²) in [5.41, 5.74) is 0.296. The second kappa shape index (κ2) is 8.37. The van der Waals surface area contributed by atoms with Gasteiger partial charge in [-0.3, -0.25) is 4.79 Å². The molecule has 2 heterocycles. The van der Waals surface area contributed by atoms with Gasteiger partial charge >= 0.3 is 0 Å². The van der Waals surface area contributed by atoms with Gasteiger partial charge in [0.25, 0.3) is 10.2 Å². The summed E-state index contributed by atoms with van der Waals surface area (Å²) in [5.74, 6) is -1.11. The van der Waals surface area contributed by atoms with E-state index in [0.29, 0.717) is 5.69 Å². The second-order valence-electron chi connectivity index (χ2n) is 6.33. The largest absolute Gasteiger partial charge is 0.325 e. The first-order chi connectivity index (χ1) is 13.1. The molecule has 1 amide bonds. The molecule has 152 valence electrons. The topological polar surface area (TPSA) is 78.5 Å². The molecule has 6 nitrogen and oxygen atoms in total. The lowest BCUT2D eigenvalue weighted by Crippen LogP contribution is -2.55. The molecule has 1 saturated heterocycles. The molecule has 0 radical (unpaired) electrons. The van der Waals surface area contributed by atoms with Crippen LogP contribution in [0.25, 0.3) is 0 Å². The number of halogens is 3. The Kier molecular flexibility index (Phi) is 6.48. The number of carbonyl (C=O) groups is 1. The standard InChI is InChI=1S/C17H18BrClFN3O3S2/c1-3-15-10(18)7-16(27-15)13-8-14(23(2)28(25,26)22-13)17(24)21-9-4-5-12(20)11(19)6-9/h4-7,13-14,22H,3,8H2,1-2H3,(H,21,24)/t13-,14+/m1/s1. The van der Waals surface area contributed by atoms with Gasteiger partial charge in [-0.2, -0.15) is 17.4 Å². The summed E-state index contributed by atoms with van der Waals surface area (Å²) in [6.07, 6.45) is 1.08. The molecule has 28 heavy (non-hydrogen) atoms. The fourth-order valence-corrected chi connectivity index (χ4v) is 6.44. The number of benzene rings is 1. The maximum Gasteiger partial charge on any atom is 0.280 e. The van der Waals surface area contributed by atoms with Gasteiger partial charge in [0.1, 0.15) is 11.9 Å². The van der Waals surface area contributed by atoms with Gasteiger partial charge in [0.2, 0.25) is 5.91 Å². The van der Waals surface area contributed by atoms with E-state index in [1.807, 2.05) is 13.0 Å². The number of carbonyl (C=O) groups excluding carboxylic acids is 1. The van der Waals surface area contributed by atoms with Gasteiger partial charge in [-0.25, -0.2) is 4.39 Å². The summed E-state index contributed by atoms with van der Waals surface area (Å²) in [7, 11) is -2.49. The molecule has 0 saturated carbocycles. The lowest BCUT2D eigenvalue weighted by molar-refractivity contribution is -0.120. The monoisotopic (exact) mass is 509 g/mol. The van der Waals surface area contributed by atoms with Crippen LogP contribution in [0.2, 0.25) is 5.02 Å².